The first kappa shape index (κ1) is 17.4. The van der Waals surface area contributed by atoms with Crippen molar-refractivity contribution in [3.05, 3.63) is 0 Å². The summed E-state index contributed by atoms with van der Waals surface area (Å²) in [5.41, 5.74) is -0.517. The summed E-state index contributed by atoms with van der Waals surface area (Å²) >= 11 is 0. The van der Waals surface area contributed by atoms with Gasteiger partial charge in [0.25, 0.3) is 0 Å². The zero-order valence-electron chi connectivity index (χ0n) is 13.5. The number of unbranched alkanes of at least 4 members (excludes halogenated alkanes) is 1. The van der Waals surface area contributed by atoms with E-state index in [0.717, 1.165) is 25.8 Å². The maximum absolute atomic E-state index is 12.1. The quantitative estimate of drug-likeness (QED) is 0.494. The Labute approximate surface area is 124 Å². The third-order valence-electron chi connectivity index (χ3n) is 4.09. The summed E-state index contributed by atoms with van der Waals surface area (Å²) in [5, 5.41) is 3.37. The minimum atomic E-state index is -0.517. The van der Waals surface area contributed by atoms with E-state index in [-0.39, 0.29) is 5.97 Å². The number of esters is 1. The molecular weight excluding hydrogens is 252 g/mol. The van der Waals surface area contributed by atoms with Gasteiger partial charge >= 0.3 is 5.97 Å². The molecule has 0 bridgehead atoms. The minimum Gasteiger partial charge on any atom is -0.465 e. The van der Waals surface area contributed by atoms with Crippen LogP contribution in [0.4, 0.5) is 0 Å². The van der Waals surface area contributed by atoms with Gasteiger partial charge in [0.2, 0.25) is 0 Å². The van der Waals surface area contributed by atoms with Gasteiger partial charge in [-0.2, -0.15) is 0 Å². The van der Waals surface area contributed by atoms with Crippen molar-refractivity contribution in [1.29, 1.82) is 0 Å². The molecule has 1 atom stereocenters. The molecule has 1 N–H and O–H groups in total. The molecule has 0 aromatic rings. The van der Waals surface area contributed by atoms with Crippen LogP contribution in [0.5, 0.6) is 0 Å². The van der Waals surface area contributed by atoms with Crippen molar-refractivity contribution in [3.63, 3.8) is 0 Å². The van der Waals surface area contributed by atoms with Crippen LogP contribution < -0.4 is 5.32 Å². The molecule has 0 aromatic carbocycles. The zero-order chi connectivity index (χ0) is 14.8. The van der Waals surface area contributed by atoms with Crippen LogP contribution in [0, 0.1) is 0 Å². The number of rotatable bonds is 10. The number of nitrogens with one attached hydrogen (secondary N) is 1. The Morgan fingerprint density at radius 3 is 2.55 bits per heavy atom. The molecule has 0 aromatic heterocycles. The number of carbonyl (C=O) groups excluding carboxylic acids is 1. The average molecular weight is 284 g/mol. The molecular formula is C16H32N2O2. The molecule has 0 amide bonds. The number of likely N-dealkylation sites (tertiary alicyclic amines) is 1. The number of carbonyl (C=O) groups is 1. The van der Waals surface area contributed by atoms with Crippen LogP contribution in [0.2, 0.25) is 0 Å². The van der Waals surface area contributed by atoms with Gasteiger partial charge in [-0.3, -0.25) is 4.79 Å². The van der Waals surface area contributed by atoms with E-state index >= 15 is 0 Å². The molecule has 1 fully saturated rings. The topological polar surface area (TPSA) is 41.6 Å². The van der Waals surface area contributed by atoms with Gasteiger partial charge in [0, 0.05) is 0 Å². The van der Waals surface area contributed by atoms with E-state index in [1.165, 1.54) is 38.9 Å². The molecule has 0 radical (unpaired) electrons. The molecule has 0 saturated carbocycles. The van der Waals surface area contributed by atoms with Crippen molar-refractivity contribution in [2.45, 2.75) is 64.8 Å². The second-order valence-corrected chi connectivity index (χ2v) is 5.99. The van der Waals surface area contributed by atoms with E-state index in [1.807, 2.05) is 13.8 Å². The number of ether oxygens (including phenoxy) is 1. The van der Waals surface area contributed by atoms with Crippen molar-refractivity contribution < 1.29 is 9.53 Å². The predicted molar refractivity (Wildman–Crippen MR) is 82.9 cm³/mol. The van der Waals surface area contributed by atoms with Gasteiger partial charge < -0.3 is 15.0 Å². The van der Waals surface area contributed by atoms with Gasteiger partial charge in [0.15, 0.2) is 0 Å². The van der Waals surface area contributed by atoms with Gasteiger partial charge in [-0.15, -0.1) is 0 Å². The van der Waals surface area contributed by atoms with Gasteiger partial charge in [-0.1, -0.05) is 6.92 Å². The van der Waals surface area contributed by atoms with Crippen molar-refractivity contribution in [2.24, 2.45) is 0 Å². The molecule has 0 spiro atoms. The molecule has 20 heavy (non-hydrogen) atoms. The van der Waals surface area contributed by atoms with Gasteiger partial charge in [0.1, 0.15) is 5.54 Å². The standard InChI is InChI=1S/C16H32N2O2/c1-4-11-17-16(3,15(19)20-5-2)10-6-7-12-18-13-8-9-14-18/h17H,4-14H2,1-3H3. The second kappa shape index (κ2) is 9.35. The van der Waals surface area contributed by atoms with Crippen LogP contribution in [-0.2, 0) is 9.53 Å². The van der Waals surface area contributed by atoms with Gasteiger partial charge in [-0.25, -0.2) is 0 Å². The minimum absolute atomic E-state index is 0.102. The Morgan fingerprint density at radius 1 is 1.25 bits per heavy atom. The number of hydrogen-bond donors (Lipinski definition) is 1. The smallest absolute Gasteiger partial charge is 0.326 e. The highest BCUT2D eigenvalue weighted by Gasteiger charge is 2.33. The van der Waals surface area contributed by atoms with E-state index in [1.54, 1.807) is 0 Å². The summed E-state index contributed by atoms with van der Waals surface area (Å²) < 4.78 is 5.22. The summed E-state index contributed by atoms with van der Waals surface area (Å²) in [6, 6.07) is 0. The average Bonchev–Trinajstić information content (AvgIpc) is 2.95. The van der Waals surface area contributed by atoms with E-state index < -0.39 is 5.54 Å². The Hall–Kier alpha value is -0.610. The zero-order valence-corrected chi connectivity index (χ0v) is 13.5. The molecule has 4 nitrogen and oxygen atoms in total. The van der Waals surface area contributed by atoms with E-state index in [4.69, 9.17) is 4.74 Å². The maximum atomic E-state index is 12.1. The predicted octanol–water partition coefficient (Wildman–Crippen LogP) is 2.57. The summed E-state index contributed by atoms with van der Waals surface area (Å²) in [4.78, 5) is 14.7. The summed E-state index contributed by atoms with van der Waals surface area (Å²) in [6.07, 6.45) is 6.82. The largest absolute Gasteiger partial charge is 0.465 e. The highest BCUT2D eigenvalue weighted by atomic mass is 16.5. The SMILES string of the molecule is CCCNC(C)(CCCCN1CCCC1)C(=O)OCC. The van der Waals surface area contributed by atoms with Gasteiger partial charge in [-0.05, 0) is 78.6 Å². The maximum Gasteiger partial charge on any atom is 0.326 e. The molecule has 1 unspecified atom stereocenters. The normalized spacial score (nSPS) is 18.9. The third-order valence-corrected chi connectivity index (χ3v) is 4.09. The Kier molecular flexibility index (Phi) is 8.15. The monoisotopic (exact) mass is 284 g/mol. The highest BCUT2D eigenvalue weighted by Crippen LogP contribution is 2.17. The first-order valence-corrected chi connectivity index (χ1v) is 8.27. The lowest BCUT2D eigenvalue weighted by Gasteiger charge is -2.29. The van der Waals surface area contributed by atoms with Crippen LogP contribution in [0.15, 0.2) is 0 Å². The second-order valence-electron chi connectivity index (χ2n) is 5.99. The first-order valence-electron chi connectivity index (χ1n) is 8.27. The van der Waals surface area contributed by atoms with E-state index in [2.05, 4.69) is 17.1 Å². The third kappa shape index (κ3) is 5.80. The fraction of sp³-hybridized carbons (Fsp3) is 0.938. The Bertz CT molecular complexity index is 278. The summed E-state index contributed by atoms with van der Waals surface area (Å²) in [6.45, 7) is 11.0. The van der Waals surface area contributed by atoms with Crippen molar-refractivity contribution in [1.82, 2.24) is 10.2 Å². The van der Waals surface area contributed by atoms with Crippen molar-refractivity contribution in [2.75, 3.05) is 32.8 Å². The molecule has 1 rings (SSSR count). The summed E-state index contributed by atoms with van der Waals surface area (Å²) in [5.74, 6) is -0.102. The molecule has 4 heteroatoms. The van der Waals surface area contributed by atoms with Crippen LogP contribution in [0.3, 0.4) is 0 Å². The Morgan fingerprint density at radius 2 is 1.95 bits per heavy atom. The van der Waals surface area contributed by atoms with Crippen LogP contribution in [-0.4, -0.2) is 49.2 Å². The highest BCUT2D eigenvalue weighted by molar-refractivity contribution is 5.80. The molecule has 1 aliphatic heterocycles. The lowest BCUT2D eigenvalue weighted by Crippen LogP contribution is -2.50. The van der Waals surface area contributed by atoms with Crippen LogP contribution in [0.1, 0.15) is 59.3 Å². The fourth-order valence-corrected chi connectivity index (χ4v) is 2.77. The molecule has 1 saturated heterocycles. The van der Waals surface area contributed by atoms with Crippen molar-refractivity contribution >= 4 is 5.97 Å². The van der Waals surface area contributed by atoms with Crippen molar-refractivity contribution in [3.8, 4) is 0 Å². The fourth-order valence-electron chi connectivity index (χ4n) is 2.77. The lowest BCUT2D eigenvalue weighted by atomic mass is 9.94. The first-order chi connectivity index (χ1) is 9.62. The molecule has 1 heterocycles. The number of nitrogens with zero attached hydrogens (tertiary/aromatic N) is 1. The summed E-state index contributed by atoms with van der Waals surface area (Å²) in [7, 11) is 0. The lowest BCUT2D eigenvalue weighted by molar-refractivity contribution is -0.150. The van der Waals surface area contributed by atoms with Crippen LogP contribution in [0.25, 0.3) is 0 Å². The molecule has 1 aliphatic rings. The van der Waals surface area contributed by atoms with Crippen LogP contribution >= 0.6 is 0 Å². The number of hydrogen-bond acceptors (Lipinski definition) is 4. The van der Waals surface area contributed by atoms with Gasteiger partial charge in [0.05, 0.1) is 6.61 Å². The Balaban J connectivity index is 2.32. The van der Waals surface area contributed by atoms with E-state index in [0.29, 0.717) is 6.61 Å². The van der Waals surface area contributed by atoms with E-state index in [9.17, 15) is 4.79 Å². The molecule has 0 aliphatic carbocycles. The molecule has 118 valence electrons.